The minimum absolute atomic E-state index is 0.696. The lowest BCUT2D eigenvalue weighted by Gasteiger charge is -2.36. The molecular formula is C33H33NO4. The quantitative estimate of drug-likeness (QED) is 0.258. The van der Waals surface area contributed by atoms with Crippen LogP contribution in [-0.4, -0.2) is 33.3 Å². The van der Waals surface area contributed by atoms with E-state index in [2.05, 4.69) is 66.4 Å². The lowest BCUT2D eigenvalue weighted by atomic mass is 9.85. The first-order chi connectivity index (χ1) is 18.5. The minimum atomic E-state index is 0.696. The summed E-state index contributed by atoms with van der Waals surface area (Å²) in [7, 11) is 6.73. The number of hydrogen-bond acceptors (Lipinski definition) is 5. The van der Waals surface area contributed by atoms with Crippen LogP contribution in [0, 0.1) is 6.92 Å². The molecule has 0 radical (unpaired) electrons. The maximum Gasteiger partial charge on any atom is 0.161 e. The molecular weight excluding hydrogens is 474 g/mol. The van der Waals surface area contributed by atoms with Gasteiger partial charge in [0.1, 0.15) is 11.5 Å². The van der Waals surface area contributed by atoms with Gasteiger partial charge in [-0.05, 0) is 71.6 Å². The Morgan fingerprint density at radius 3 is 2.13 bits per heavy atom. The van der Waals surface area contributed by atoms with Crippen LogP contribution in [0.25, 0.3) is 11.3 Å². The molecule has 1 heterocycles. The van der Waals surface area contributed by atoms with Gasteiger partial charge in [-0.1, -0.05) is 48.0 Å². The van der Waals surface area contributed by atoms with Crippen molar-refractivity contribution < 1.29 is 18.9 Å². The fraction of sp³-hybridized carbons (Fsp3) is 0.212. The Labute approximate surface area is 224 Å². The summed E-state index contributed by atoms with van der Waals surface area (Å²) in [6, 6.07) is 29.4. The fourth-order valence-corrected chi connectivity index (χ4v) is 5.10. The lowest BCUT2D eigenvalue weighted by Crippen LogP contribution is -2.27. The summed E-state index contributed by atoms with van der Waals surface area (Å²) in [6.07, 6.45) is 0. The SMILES string of the molecule is COc1ccc(CN2Cc3ccc(C)cc3C(c3cccc(OC)c3)=C2c2ccc(OC)c(OC)c2)cc1. The summed E-state index contributed by atoms with van der Waals surface area (Å²) in [6.45, 7) is 3.65. The molecule has 0 saturated carbocycles. The van der Waals surface area contributed by atoms with Crippen molar-refractivity contribution in [3.8, 4) is 23.0 Å². The van der Waals surface area contributed by atoms with Gasteiger partial charge in [0.05, 0.1) is 34.1 Å². The summed E-state index contributed by atoms with van der Waals surface area (Å²) < 4.78 is 22.3. The topological polar surface area (TPSA) is 40.2 Å². The number of nitrogens with zero attached hydrogens (tertiary/aromatic N) is 1. The zero-order valence-electron chi connectivity index (χ0n) is 22.6. The van der Waals surface area contributed by atoms with Gasteiger partial charge in [-0.3, -0.25) is 0 Å². The summed E-state index contributed by atoms with van der Waals surface area (Å²) in [5.74, 6) is 3.07. The van der Waals surface area contributed by atoms with E-state index in [0.717, 1.165) is 47.0 Å². The third-order valence-corrected chi connectivity index (χ3v) is 7.00. The van der Waals surface area contributed by atoms with E-state index in [4.69, 9.17) is 18.9 Å². The van der Waals surface area contributed by atoms with E-state index in [-0.39, 0.29) is 0 Å². The zero-order chi connectivity index (χ0) is 26.6. The van der Waals surface area contributed by atoms with Crippen LogP contribution in [0.2, 0.25) is 0 Å². The molecule has 5 rings (SSSR count). The van der Waals surface area contributed by atoms with E-state index in [1.165, 1.54) is 22.3 Å². The number of methoxy groups -OCH3 is 4. The van der Waals surface area contributed by atoms with Crippen LogP contribution in [0.4, 0.5) is 0 Å². The van der Waals surface area contributed by atoms with Gasteiger partial charge in [-0.25, -0.2) is 0 Å². The first-order valence-electron chi connectivity index (χ1n) is 12.6. The maximum atomic E-state index is 5.71. The van der Waals surface area contributed by atoms with E-state index in [9.17, 15) is 0 Å². The number of fused-ring (bicyclic) bond motifs is 1. The Bertz CT molecular complexity index is 1470. The smallest absolute Gasteiger partial charge is 0.161 e. The predicted octanol–water partition coefficient (Wildman–Crippen LogP) is 6.96. The number of ether oxygens (including phenoxy) is 4. The first kappa shape index (κ1) is 25.3. The van der Waals surface area contributed by atoms with Gasteiger partial charge in [0.2, 0.25) is 0 Å². The second-order valence-electron chi connectivity index (χ2n) is 9.39. The highest BCUT2D eigenvalue weighted by molar-refractivity contribution is 6.00. The van der Waals surface area contributed by atoms with Crippen LogP contribution in [0.15, 0.2) is 84.9 Å². The monoisotopic (exact) mass is 507 g/mol. The molecule has 0 aliphatic carbocycles. The van der Waals surface area contributed by atoms with Crippen molar-refractivity contribution in [3.63, 3.8) is 0 Å². The van der Waals surface area contributed by atoms with Crippen LogP contribution < -0.4 is 18.9 Å². The highest BCUT2D eigenvalue weighted by atomic mass is 16.5. The van der Waals surface area contributed by atoms with Crippen LogP contribution in [0.5, 0.6) is 23.0 Å². The van der Waals surface area contributed by atoms with Gasteiger partial charge >= 0.3 is 0 Å². The third-order valence-electron chi connectivity index (χ3n) is 7.00. The van der Waals surface area contributed by atoms with Crippen molar-refractivity contribution in [2.45, 2.75) is 20.0 Å². The van der Waals surface area contributed by atoms with Crippen molar-refractivity contribution >= 4 is 11.3 Å². The molecule has 5 heteroatoms. The van der Waals surface area contributed by atoms with Gasteiger partial charge in [0, 0.05) is 24.2 Å². The number of benzene rings is 4. The molecule has 0 spiro atoms. The van der Waals surface area contributed by atoms with Gasteiger partial charge in [0.15, 0.2) is 11.5 Å². The normalized spacial score (nSPS) is 12.7. The largest absolute Gasteiger partial charge is 0.497 e. The average molecular weight is 508 g/mol. The van der Waals surface area contributed by atoms with E-state index >= 15 is 0 Å². The summed E-state index contributed by atoms with van der Waals surface area (Å²) >= 11 is 0. The Hall–Kier alpha value is -4.38. The summed E-state index contributed by atoms with van der Waals surface area (Å²) in [5.41, 5.74) is 9.38. The van der Waals surface area contributed by atoms with Gasteiger partial charge in [-0.15, -0.1) is 0 Å². The molecule has 0 N–H and O–H groups in total. The van der Waals surface area contributed by atoms with Crippen molar-refractivity contribution in [1.29, 1.82) is 0 Å². The molecule has 5 nitrogen and oxygen atoms in total. The Kier molecular flexibility index (Phi) is 7.27. The van der Waals surface area contributed by atoms with Crippen molar-refractivity contribution in [2.24, 2.45) is 0 Å². The van der Waals surface area contributed by atoms with Gasteiger partial charge in [0.25, 0.3) is 0 Å². The molecule has 4 aromatic carbocycles. The molecule has 4 aromatic rings. The van der Waals surface area contributed by atoms with Crippen LogP contribution in [-0.2, 0) is 13.1 Å². The molecule has 0 aromatic heterocycles. The van der Waals surface area contributed by atoms with E-state index in [1.54, 1.807) is 28.4 Å². The molecule has 0 saturated heterocycles. The number of hydrogen-bond donors (Lipinski definition) is 0. The first-order valence-corrected chi connectivity index (χ1v) is 12.6. The van der Waals surface area contributed by atoms with Crippen molar-refractivity contribution in [3.05, 3.63) is 118 Å². The van der Waals surface area contributed by atoms with Gasteiger partial charge < -0.3 is 23.8 Å². The molecule has 194 valence electrons. The molecule has 1 aliphatic heterocycles. The van der Waals surface area contributed by atoms with Gasteiger partial charge in [-0.2, -0.15) is 0 Å². The summed E-state index contributed by atoms with van der Waals surface area (Å²) in [4.78, 5) is 2.44. The molecule has 0 unspecified atom stereocenters. The maximum absolute atomic E-state index is 5.71. The predicted molar refractivity (Wildman–Crippen MR) is 152 cm³/mol. The Morgan fingerprint density at radius 1 is 0.658 bits per heavy atom. The van der Waals surface area contributed by atoms with Crippen molar-refractivity contribution in [1.82, 2.24) is 4.90 Å². The van der Waals surface area contributed by atoms with Crippen LogP contribution in [0.1, 0.15) is 33.4 Å². The molecule has 0 fully saturated rings. The second kappa shape index (κ2) is 10.9. The standard InChI is InChI=1S/C33H33NO4/c1-22-9-12-26-21-34(20-23-10-14-27(35-2)15-11-23)33(25-13-16-30(37-4)31(19-25)38-5)32(29(26)17-22)24-7-6-8-28(18-24)36-3/h6-19H,20-21H2,1-5H3. The minimum Gasteiger partial charge on any atom is -0.497 e. The van der Waals surface area contributed by atoms with E-state index in [1.807, 2.05) is 30.3 Å². The third kappa shape index (κ3) is 4.92. The number of rotatable bonds is 8. The second-order valence-corrected chi connectivity index (χ2v) is 9.39. The highest BCUT2D eigenvalue weighted by Crippen LogP contribution is 2.44. The molecule has 38 heavy (non-hydrogen) atoms. The highest BCUT2D eigenvalue weighted by Gasteiger charge is 2.28. The number of aryl methyl sites for hydroxylation is 1. The molecule has 0 amide bonds. The zero-order valence-corrected chi connectivity index (χ0v) is 22.6. The Morgan fingerprint density at radius 2 is 1.42 bits per heavy atom. The van der Waals surface area contributed by atoms with Crippen molar-refractivity contribution in [2.75, 3.05) is 28.4 Å². The Balaban J connectivity index is 1.77. The lowest BCUT2D eigenvalue weighted by molar-refractivity contribution is 0.353. The van der Waals surface area contributed by atoms with E-state index in [0.29, 0.717) is 11.5 Å². The molecule has 0 bridgehead atoms. The van der Waals surface area contributed by atoms with E-state index < -0.39 is 0 Å². The fourth-order valence-electron chi connectivity index (χ4n) is 5.10. The molecule has 1 aliphatic rings. The molecule has 0 atom stereocenters. The summed E-state index contributed by atoms with van der Waals surface area (Å²) in [5, 5.41) is 0. The average Bonchev–Trinajstić information content (AvgIpc) is 2.96. The van der Waals surface area contributed by atoms with Crippen LogP contribution in [0.3, 0.4) is 0 Å². The van der Waals surface area contributed by atoms with Crippen LogP contribution >= 0.6 is 0 Å².